The molecular formula is C6H9GeNS. The van der Waals surface area contributed by atoms with Crippen molar-refractivity contribution in [2.24, 2.45) is 0 Å². The maximum absolute atomic E-state index is 8.32. The van der Waals surface area contributed by atoms with Gasteiger partial charge < -0.3 is 0 Å². The number of hydrogen-bond acceptors (Lipinski definition) is 2. The summed E-state index contributed by atoms with van der Waals surface area (Å²) in [6.45, 7) is 3.47. The Labute approximate surface area is 61.8 Å². The fourth-order valence-electron chi connectivity index (χ4n) is 0.393. The van der Waals surface area contributed by atoms with Gasteiger partial charge in [-0.1, -0.05) is 0 Å². The molecule has 0 heterocycles. The summed E-state index contributed by atoms with van der Waals surface area (Å²) in [5, 5.41) is 10.4. The Hall–Kier alpha value is -0.0971. The topological polar surface area (TPSA) is 23.8 Å². The molecule has 48 valence electrons. The number of nitrogens with zero attached hydrogens (tertiary/aromatic N) is 1. The van der Waals surface area contributed by atoms with E-state index in [1.54, 1.807) is 0 Å². The molecule has 0 aliphatic heterocycles. The molecule has 0 atom stereocenters. The second-order valence-corrected chi connectivity index (χ2v) is 16.6. The van der Waals surface area contributed by atoms with Crippen LogP contribution >= 0.6 is 10.1 Å². The van der Waals surface area contributed by atoms with E-state index in [2.05, 4.69) is 29.2 Å². The number of thiocyanates is 1. The van der Waals surface area contributed by atoms with Gasteiger partial charge >= 0.3 is 61.6 Å². The van der Waals surface area contributed by atoms with Crippen LogP contribution in [0.4, 0.5) is 0 Å². The first-order chi connectivity index (χ1) is 4.12. The third kappa shape index (κ3) is 4.41. The summed E-state index contributed by atoms with van der Waals surface area (Å²) >= 11 is -1.90. The Balaban J connectivity index is 4.05. The monoisotopic (exact) mass is 201 g/mol. The third-order valence-electron chi connectivity index (χ3n) is 0.758. The van der Waals surface area contributed by atoms with Crippen LogP contribution in [-0.4, -0.2) is 12.1 Å². The molecule has 9 heavy (non-hydrogen) atoms. The number of nitriles is 1. The quantitative estimate of drug-likeness (QED) is 0.387. The Morgan fingerprint density at radius 3 is 2.56 bits per heavy atom. The van der Waals surface area contributed by atoms with Gasteiger partial charge in [-0.2, -0.15) is 0 Å². The predicted molar refractivity (Wildman–Crippen MR) is 44.4 cm³/mol. The summed E-state index contributed by atoms with van der Waals surface area (Å²) in [5.74, 6) is 4.26. The van der Waals surface area contributed by atoms with Gasteiger partial charge in [0.05, 0.1) is 0 Å². The minimum atomic E-state index is -1.90. The molecule has 0 N–H and O–H groups in total. The van der Waals surface area contributed by atoms with Gasteiger partial charge in [0.2, 0.25) is 0 Å². The van der Waals surface area contributed by atoms with Crippen LogP contribution in [0.3, 0.4) is 0 Å². The van der Waals surface area contributed by atoms with Crippen molar-refractivity contribution in [2.45, 2.75) is 11.5 Å². The third-order valence-corrected chi connectivity index (χ3v) is 7.76. The fraction of sp³-hybridized carbons (Fsp3) is 0.333. The molecule has 0 saturated carbocycles. The van der Waals surface area contributed by atoms with E-state index in [9.17, 15) is 0 Å². The molecule has 0 bridgehead atoms. The average molecular weight is 200 g/mol. The van der Waals surface area contributed by atoms with Crippen LogP contribution in [0.25, 0.3) is 0 Å². The molecule has 0 aromatic carbocycles. The zero-order valence-corrected chi connectivity index (χ0v) is 8.55. The van der Waals surface area contributed by atoms with E-state index in [4.69, 9.17) is 5.26 Å². The zero-order valence-electron chi connectivity index (χ0n) is 5.64. The van der Waals surface area contributed by atoms with E-state index in [-0.39, 0.29) is 0 Å². The predicted octanol–water partition coefficient (Wildman–Crippen LogP) is 2.29. The molecule has 0 aromatic rings. The van der Waals surface area contributed by atoms with Gasteiger partial charge in [0.15, 0.2) is 0 Å². The molecule has 3 heteroatoms. The summed E-state index contributed by atoms with van der Waals surface area (Å²) in [7, 11) is 1.39. The summed E-state index contributed by atoms with van der Waals surface area (Å²) in [6.07, 6.45) is 0. The molecule has 1 nitrogen and oxygen atoms in total. The van der Waals surface area contributed by atoms with Gasteiger partial charge in [0.1, 0.15) is 0 Å². The van der Waals surface area contributed by atoms with Crippen molar-refractivity contribution >= 4 is 22.2 Å². The Morgan fingerprint density at radius 2 is 2.22 bits per heavy atom. The molecule has 0 rings (SSSR count). The van der Waals surface area contributed by atoms with Crippen molar-refractivity contribution in [2.75, 3.05) is 0 Å². The molecule has 0 aliphatic rings. The molecule has 0 aliphatic carbocycles. The van der Waals surface area contributed by atoms with Crippen LogP contribution in [0.2, 0.25) is 11.5 Å². The molecule has 0 spiro atoms. The van der Waals surface area contributed by atoms with Crippen molar-refractivity contribution in [1.29, 1.82) is 5.26 Å². The average Bonchev–Trinajstić information content (AvgIpc) is 1.64. The van der Waals surface area contributed by atoms with Crippen LogP contribution in [0, 0.1) is 10.7 Å². The van der Waals surface area contributed by atoms with E-state index in [0.29, 0.717) is 0 Å². The normalized spacial score (nSPS) is 9.44. The molecule has 0 saturated heterocycles. The van der Waals surface area contributed by atoms with Gasteiger partial charge in [-0.15, -0.1) is 0 Å². The van der Waals surface area contributed by atoms with E-state index < -0.39 is 12.1 Å². The van der Waals surface area contributed by atoms with E-state index >= 15 is 0 Å². The molecule has 0 radical (unpaired) electrons. The van der Waals surface area contributed by atoms with Crippen molar-refractivity contribution in [3.63, 3.8) is 0 Å². The number of rotatable bonds is 2. The van der Waals surface area contributed by atoms with E-state index in [1.165, 1.54) is 10.1 Å². The summed E-state index contributed by atoms with van der Waals surface area (Å²) in [4.78, 5) is 1.97. The van der Waals surface area contributed by atoms with E-state index in [0.717, 1.165) is 0 Å². The molecular weight excluding hydrogens is 191 g/mol. The first-order valence-electron chi connectivity index (χ1n) is 2.56. The fourth-order valence-corrected chi connectivity index (χ4v) is 4.00. The minimum absolute atomic E-state index is 1.39. The summed E-state index contributed by atoms with van der Waals surface area (Å²) in [6, 6.07) is 0. The van der Waals surface area contributed by atoms with Gasteiger partial charge in [0, 0.05) is 0 Å². The van der Waals surface area contributed by atoms with Crippen LogP contribution in [0.5, 0.6) is 0 Å². The van der Waals surface area contributed by atoms with Gasteiger partial charge in [-0.3, -0.25) is 0 Å². The van der Waals surface area contributed by atoms with Crippen molar-refractivity contribution in [3.8, 4) is 5.40 Å². The van der Waals surface area contributed by atoms with Crippen LogP contribution in [-0.2, 0) is 0 Å². The summed E-state index contributed by atoms with van der Waals surface area (Å²) < 4.78 is 0. The Bertz CT molecular complexity index is 174. The first kappa shape index (κ1) is 8.90. The first-order valence-corrected chi connectivity index (χ1v) is 11.4. The molecule has 0 fully saturated rings. The zero-order chi connectivity index (χ0) is 7.33. The van der Waals surface area contributed by atoms with Crippen molar-refractivity contribution in [3.05, 3.63) is 17.2 Å². The molecule has 0 unspecified atom stereocenters. The Morgan fingerprint density at radius 1 is 1.67 bits per heavy atom. The van der Waals surface area contributed by atoms with Crippen LogP contribution < -0.4 is 0 Å². The maximum atomic E-state index is 8.32. The van der Waals surface area contributed by atoms with Crippen molar-refractivity contribution < 1.29 is 0 Å². The SMILES string of the molecule is C=C=[CH][Ge]([CH3])([CH3])[S]C#N. The van der Waals surface area contributed by atoms with Crippen LogP contribution in [0.1, 0.15) is 0 Å². The number of hydrogen-bond donors (Lipinski definition) is 0. The second kappa shape index (κ2) is 3.84. The van der Waals surface area contributed by atoms with E-state index in [1.807, 2.05) is 4.91 Å². The second-order valence-electron chi connectivity index (χ2n) is 2.15. The molecule has 0 amide bonds. The molecule has 0 aromatic heterocycles. The van der Waals surface area contributed by atoms with Crippen LogP contribution in [0.15, 0.2) is 17.2 Å². The Kier molecular flexibility index (Phi) is 3.80. The van der Waals surface area contributed by atoms with Crippen molar-refractivity contribution in [1.82, 2.24) is 0 Å². The standard InChI is InChI=1S/C6H9GeNS/c1-4-5-7(2,3)9-6-8/h5H,1H2,2-3H3. The van der Waals surface area contributed by atoms with Gasteiger partial charge in [-0.25, -0.2) is 0 Å². The summed E-state index contributed by atoms with van der Waals surface area (Å²) in [5.41, 5.74) is 2.73. The van der Waals surface area contributed by atoms with Gasteiger partial charge in [0.25, 0.3) is 0 Å². The van der Waals surface area contributed by atoms with Gasteiger partial charge in [-0.05, 0) is 0 Å².